The highest BCUT2D eigenvalue weighted by atomic mass is 32.3. The van der Waals surface area contributed by atoms with E-state index in [4.69, 9.17) is 4.74 Å². The van der Waals surface area contributed by atoms with Gasteiger partial charge in [0.05, 0.1) is 12.6 Å². The summed E-state index contributed by atoms with van der Waals surface area (Å²) in [5, 5.41) is 0. The highest BCUT2D eigenvalue weighted by Crippen LogP contribution is 2.50. The minimum atomic E-state index is -3.55. The Morgan fingerprint density at radius 1 is 1.35 bits per heavy atom. The first-order valence-corrected chi connectivity index (χ1v) is 10.3. The standard InChI is InChI=1S/C18H27N3O4S/c1-18(2,3)25-17(22)21-11-7-6-8-13(21)12-19-16-14-9-4-5-10-15(14)26(23,24)20-16/h4-5,9-10,13,23-24H,6-8,11-12H2,1-3H3,(H,19,20)/p-2. The number of benzene rings is 1. The molecule has 2 aliphatic heterocycles. The second-order valence-electron chi connectivity index (χ2n) is 7.61. The number of fused-ring (bicyclic) bond motifs is 1. The average molecular weight is 379 g/mol. The van der Waals surface area contributed by atoms with Gasteiger partial charge in [-0.15, -0.1) is 0 Å². The Kier molecular flexibility index (Phi) is 5.18. The van der Waals surface area contributed by atoms with Crippen LogP contribution in [0.4, 0.5) is 4.79 Å². The topological polar surface area (TPSA) is 100 Å². The minimum absolute atomic E-state index is 0.0941. The van der Waals surface area contributed by atoms with E-state index in [-0.39, 0.29) is 17.0 Å². The number of carbonyl (C=O) groups excluding carboxylic acids is 1. The molecule has 3 rings (SSSR count). The summed E-state index contributed by atoms with van der Waals surface area (Å²) in [5.41, 5.74) is 0.0254. The number of hydrogen-bond acceptors (Lipinski definition) is 5. The molecule has 1 aromatic carbocycles. The first-order valence-electron chi connectivity index (χ1n) is 8.84. The van der Waals surface area contributed by atoms with Crippen LogP contribution in [-0.2, 0) is 4.74 Å². The lowest BCUT2D eigenvalue weighted by atomic mass is 10.0. The van der Waals surface area contributed by atoms with E-state index in [1.54, 1.807) is 29.2 Å². The maximum atomic E-state index is 12.5. The molecule has 0 radical (unpaired) electrons. The Morgan fingerprint density at radius 2 is 2.08 bits per heavy atom. The van der Waals surface area contributed by atoms with Gasteiger partial charge >= 0.3 is 6.09 Å². The van der Waals surface area contributed by atoms with Crippen LogP contribution in [-0.4, -0.2) is 50.7 Å². The number of aliphatic imine (C=N–C) groups is 1. The van der Waals surface area contributed by atoms with Gasteiger partial charge in [-0.1, -0.05) is 12.1 Å². The van der Waals surface area contributed by atoms with Gasteiger partial charge in [0.2, 0.25) is 0 Å². The van der Waals surface area contributed by atoms with Gasteiger partial charge in [-0.3, -0.25) is 4.99 Å². The smallest absolute Gasteiger partial charge is 0.410 e. The molecule has 1 unspecified atom stereocenters. The van der Waals surface area contributed by atoms with E-state index in [0.717, 1.165) is 19.3 Å². The highest BCUT2D eigenvalue weighted by molar-refractivity contribution is 8.23. The third-order valence-corrected chi connectivity index (χ3v) is 5.78. The zero-order valence-corrected chi connectivity index (χ0v) is 16.2. The SMILES string of the molecule is CC(C)(C)OC(=O)N1CCCCC1CN=C1NS([O-])([O-])c2ccccc21. The molecule has 0 aliphatic carbocycles. The molecule has 2 heterocycles. The second kappa shape index (κ2) is 7.09. The van der Waals surface area contributed by atoms with Gasteiger partial charge < -0.3 is 34.2 Å². The first kappa shape index (κ1) is 19.0. The summed E-state index contributed by atoms with van der Waals surface area (Å²) in [6.07, 6.45) is 2.43. The van der Waals surface area contributed by atoms with E-state index in [9.17, 15) is 13.9 Å². The van der Waals surface area contributed by atoms with E-state index in [1.807, 2.05) is 20.8 Å². The maximum absolute atomic E-state index is 12.5. The molecule has 1 amide bonds. The number of carbonyl (C=O) groups is 1. The molecule has 144 valence electrons. The molecule has 26 heavy (non-hydrogen) atoms. The number of ether oxygens (including phenoxy) is 1. The molecule has 1 aromatic rings. The Bertz CT molecular complexity index is 715. The van der Waals surface area contributed by atoms with Crippen LogP contribution in [0.25, 0.3) is 0 Å². The van der Waals surface area contributed by atoms with Crippen LogP contribution in [0.1, 0.15) is 45.6 Å². The van der Waals surface area contributed by atoms with Crippen LogP contribution in [0.5, 0.6) is 0 Å². The lowest BCUT2D eigenvalue weighted by molar-refractivity contribution is 0.0110. The van der Waals surface area contributed by atoms with E-state index in [1.165, 1.54) is 0 Å². The van der Waals surface area contributed by atoms with Crippen molar-refractivity contribution in [2.75, 3.05) is 13.1 Å². The van der Waals surface area contributed by atoms with Crippen LogP contribution < -0.4 is 4.72 Å². The van der Waals surface area contributed by atoms with Crippen molar-refractivity contribution in [2.24, 2.45) is 4.99 Å². The quantitative estimate of drug-likeness (QED) is 0.851. The monoisotopic (exact) mass is 379 g/mol. The number of rotatable bonds is 2. The predicted octanol–water partition coefficient (Wildman–Crippen LogP) is 3.17. The van der Waals surface area contributed by atoms with Crippen LogP contribution in [0.3, 0.4) is 0 Å². The zero-order valence-electron chi connectivity index (χ0n) is 15.4. The Morgan fingerprint density at radius 3 is 2.81 bits per heavy atom. The van der Waals surface area contributed by atoms with Gasteiger partial charge in [-0.2, -0.15) is 0 Å². The van der Waals surface area contributed by atoms with Crippen molar-refractivity contribution in [3.8, 4) is 0 Å². The van der Waals surface area contributed by atoms with Crippen molar-refractivity contribution in [1.82, 2.24) is 9.62 Å². The number of amidine groups is 1. The fourth-order valence-corrected chi connectivity index (χ4v) is 4.45. The molecule has 0 saturated carbocycles. The van der Waals surface area contributed by atoms with E-state index in [2.05, 4.69) is 9.71 Å². The normalized spacial score (nSPS) is 24.7. The lowest BCUT2D eigenvalue weighted by Gasteiger charge is -2.56. The van der Waals surface area contributed by atoms with Gasteiger partial charge in [0.25, 0.3) is 0 Å². The molecule has 0 spiro atoms. The molecule has 7 nitrogen and oxygen atoms in total. The number of piperidine rings is 1. The lowest BCUT2D eigenvalue weighted by Crippen LogP contribution is -2.47. The minimum Gasteiger partial charge on any atom is -0.779 e. The molecule has 1 N–H and O–H groups in total. The molecule has 1 saturated heterocycles. The van der Waals surface area contributed by atoms with Crippen molar-refractivity contribution in [1.29, 1.82) is 0 Å². The summed E-state index contributed by atoms with van der Waals surface area (Å²) in [5.74, 6) is 0.343. The van der Waals surface area contributed by atoms with E-state index in [0.29, 0.717) is 24.5 Å². The molecular formula is C18H25N3O4S-2. The van der Waals surface area contributed by atoms with Crippen molar-refractivity contribution < 1.29 is 18.6 Å². The van der Waals surface area contributed by atoms with Crippen molar-refractivity contribution in [3.63, 3.8) is 0 Å². The van der Waals surface area contributed by atoms with Gasteiger partial charge in [-0.25, -0.2) is 4.79 Å². The number of amides is 1. The highest BCUT2D eigenvalue weighted by Gasteiger charge is 2.30. The second-order valence-corrected chi connectivity index (χ2v) is 9.27. The van der Waals surface area contributed by atoms with E-state index >= 15 is 0 Å². The zero-order chi connectivity index (χ0) is 18.9. The Hall–Kier alpha value is -1.77. The number of nitrogens with one attached hydrogen (secondary N) is 1. The number of sulfonamides is 1. The van der Waals surface area contributed by atoms with Crippen LogP contribution >= 0.6 is 10.8 Å². The molecule has 0 aromatic heterocycles. The number of likely N-dealkylation sites (tertiary alicyclic amines) is 1. The van der Waals surface area contributed by atoms with Crippen LogP contribution in [0.15, 0.2) is 34.2 Å². The average Bonchev–Trinajstić information content (AvgIpc) is 2.83. The number of hydrogen-bond donors (Lipinski definition) is 1. The molecular weight excluding hydrogens is 354 g/mol. The van der Waals surface area contributed by atoms with Gasteiger partial charge in [0.15, 0.2) is 0 Å². The summed E-state index contributed by atoms with van der Waals surface area (Å²) in [6, 6.07) is 6.67. The molecule has 1 atom stereocenters. The van der Waals surface area contributed by atoms with Gasteiger partial charge in [0, 0.05) is 17.0 Å². The van der Waals surface area contributed by atoms with Gasteiger partial charge in [0.1, 0.15) is 11.4 Å². The van der Waals surface area contributed by atoms with Crippen molar-refractivity contribution in [3.05, 3.63) is 29.8 Å². The van der Waals surface area contributed by atoms with Crippen molar-refractivity contribution in [2.45, 2.75) is 56.6 Å². The number of nitrogens with zero attached hydrogens (tertiary/aromatic N) is 2. The third-order valence-electron chi connectivity index (χ3n) is 4.38. The van der Waals surface area contributed by atoms with E-state index < -0.39 is 16.4 Å². The molecule has 8 heteroatoms. The summed E-state index contributed by atoms with van der Waals surface area (Å²) < 4.78 is 32.3. The third kappa shape index (κ3) is 4.13. The molecule has 0 bridgehead atoms. The fourth-order valence-electron chi connectivity index (χ4n) is 3.20. The van der Waals surface area contributed by atoms with Gasteiger partial charge in [-0.05, 0) is 52.2 Å². The first-order chi connectivity index (χ1) is 12.2. The molecule has 2 aliphatic rings. The van der Waals surface area contributed by atoms with Crippen LogP contribution in [0.2, 0.25) is 0 Å². The largest absolute Gasteiger partial charge is 0.779 e. The van der Waals surface area contributed by atoms with Crippen LogP contribution in [0, 0.1) is 0 Å². The molecule has 1 fully saturated rings. The maximum Gasteiger partial charge on any atom is 0.410 e. The summed E-state index contributed by atoms with van der Waals surface area (Å²) in [6.45, 7) is 6.50. The fraction of sp³-hybridized carbons (Fsp3) is 0.556. The summed E-state index contributed by atoms with van der Waals surface area (Å²) in [4.78, 5) is 18.9. The summed E-state index contributed by atoms with van der Waals surface area (Å²) >= 11 is 0. The Labute approximate surface area is 155 Å². The Balaban J connectivity index is 1.75. The predicted molar refractivity (Wildman–Crippen MR) is 99.0 cm³/mol. The van der Waals surface area contributed by atoms with Crippen molar-refractivity contribution >= 4 is 22.7 Å². The summed E-state index contributed by atoms with van der Waals surface area (Å²) in [7, 11) is -3.55.